The van der Waals surface area contributed by atoms with Gasteiger partial charge in [-0.3, -0.25) is 9.59 Å². The fourth-order valence-electron chi connectivity index (χ4n) is 2.85. The monoisotopic (exact) mass is 388 g/mol. The molecule has 0 saturated carbocycles. The number of hydrogen-bond donors (Lipinski definition) is 2. The number of aryl methyl sites for hydroxylation is 2. The molecule has 0 aliphatic heterocycles. The van der Waals surface area contributed by atoms with Gasteiger partial charge < -0.3 is 15.4 Å². The van der Waals surface area contributed by atoms with Crippen LogP contribution in [0.1, 0.15) is 27.0 Å². The summed E-state index contributed by atoms with van der Waals surface area (Å²) in [4.78, 5) is 24.4. The summed E-state index contributed by atoms with van der Waals surface area (Å²) in [7, 11) is 0. The van der Waals surface area contributed by atoms with Gasteiger partial charge in [0.25, 0.3) is 11.8 Å². The first-order chi connectivity index (χ1) is 14.0. The summed E-state index contributed by atoms with van der Waals surface area (Å²) in [6, 6.07) is 22.3. The predicted molar refractivity (Wildman–Crippen MR) is 114 cm³/mol. The molecule has 2 N–H and O–H groups in total. The molecular weight excluding hydrogens is 364 g/mol. The highest BCUT2D eigenvalue weighted by atomic mass is 16.5. The largest absolute Gasteiger partial charge is 0.484 e. The van der Waals surface area contributed by atoms with E-state index < -0.39 is 0 Å². The fourth-order valence-corrected chi connectivity index (χ4v) is 2.85. The van der Waals surface area contributed by atoms with Crippen LogP contribution in [0.25, 0.3) is 0 Å². The smallest absolute Gasteiger partial charge is 0.258 e. The fraction of sp³-hybridized carbons (Fsp3) is 0.167. The molecule has 0 fully saturated rings. The normalized spacial score (nSPS) is 10.3. The van der Waals surface area contributed by atoms with E-state index in [4.69, 9.17) is 4.74 Å². The van der Waals surface area contributed by atoms with Crippen molar-refractivity contribution in [3.8, 4) is 5.75 Å². The quantitative estimate of drug-likeness (QED) is 0.636. The number of rotatable bonds is 7. The van der Waals surface area contributed by atoms with Gasteiger partial charge in [0.2, 0.25) is 0 Å². The zero-order valence-electron chi connectivity index (χ0n) is 16.6. The lowest BCUT2D eigenvalue weighted by Crippen LogP contribution is -2.28. The molecule has 0 aromatic heterocycles. The highest BCUT2D eigenvalue weighted by molar-refractivity contribution is 6.04. The van der Waals surface area contributed by atoms with E-state index in [0.29, 0.717) is 17.9 Å². The van der Waals surface area contributed by atoms with E-state index in [9.17, 15) is 9.59 Å². The molecule has 3 aromatic carbocycles. The van der Waals surface area contributed by atoms with E-state index in [0.717, 1.165) is 22.4 Å². The van der Waals surface area contributed by atoms with Crippen molar-refractivity contribution in [2.45, 2.75) is 20.4 Å². The van der Waals surface area contributed by atoms with Gasteiger partial charge in [0.1, 0.15) is 5.75 Å². The van der Waals surface area contributed by atoms with E-state index in [-0.39, 0.29) is 18.4 Å². The Morgan fingerprint density at radius 2 is 1.62 bits per heavy atom. The Kier molecular flexibility index (Phi) is 6.63. The van der Waals surface area contributed by atoms with Crippen molar-refractivity contribution in [2.24, 2.45) is 0 Å². The molecule has 29 heavy (non-hydrogen) atoms. The average molecular weight is 388 g/mol. The minimum absolute atomic E-state index is 0.0824. The summed E-state index contributed by atoms with van der Waals surface area (Å²) in [5.74, 6) is 0.137. The topological polar surface area (TPSA) is 67.4 Å². The van der Waals surface area contributed by atoms with Gasteiger partial charge in [0, 0.05) is 17.8 Å². The summed E-state index contributed by atoms with van der Waals surface area (Å²) in [6.07, 6.45) is 0. The SMILES string of the molecule is Cc1ccc(NC(=O)c2ccc(OCC(=O)NCc3ccccc3)cc2)c(C)c1. The predicted octanol–water partition coefficient (Wildman–Crippen LogP) is 4.25. The van der Waals surface area contributed by atoms with Gasteiger partial charge in [-0.05, 0) is 55.3 Å². The molecule has 3 rings (SSSR count). The van der Waals surface area contributed by atoms with E-state index in [1.165, 1.54) is 0 Å². The molecule has 0 aliphatic carbocycles. The van der Waals surface area contributed by atoms with E-state index in [2.05, 4.69) is 10.6 Å². The minimum atomic E-state index is -0.203. The molecule has 0 radical (unpaired) electrons. The molecule has 148 valence electrons. The van der Waals surface area contributed by atoms with Gasteiger partial charge in [-0.15, -0.1) is 0 Å². The second-order valence-electron chi connectivity index (χ2n) is 6.85. The molecule has 0 heterocycles. The summed E-state index contributed by atoms with van der Waals surface area (Å²) in [5.41, 5.74) is 4.50. The highest BCUT2D eigenvalue weighted by Gasteiger charge is 2.09. The van der Waals surface area contributed by atoms with Crippen LogP contribution in [0.15, 0.2) is 72.8 Å². The molecule has 0 atom stereocenters. The Bertz CT molecular complexity index is 983. The Balaban J connectivity index is 1.49. The number of carbonyl (C=O) groups is 2. The van der Waals surface area contributed by atoms with E-state index in [1.807, 2.05) is 62.4 Å². The molecule has 5 nitrogen and oxygen atoms in total. The molecule has 0 saturated heterocycles. The van der Waals surface area contributed by atoms with Gasteiger partial charge in [-0.25, -0.2) is 0 Å². The molecule has 0 unspecified atom stereocenters. The number of benzene rings is 3. The summed E-state index contributed by atoms with van der Waals surface area (Å²) < 4.78 is 5.50. The zero-order valence-corrected chi connectivity index (χ0v) is 16.6. The van der Waals surface area contributed by atoms with Crippen LogP contribution in [-0.2, 0) is 11.3 Å². The van der Waals surface area contributed by atoms with Crippen molar-refractivity contribution in [2.75, 3.05) is 11.9 Å². The maximum atomic E-state index is 12.4. The second kappa shape index (κ2) is 9.55. The number of anilines is 1. The third kappa shape index (κ3) is 5.94. The summed E-state index contributed by atoms with van der Waals surface area (Å²) in [5, 5.41) is 5.72. The molecule has 2 amide bonds. The first-order valence-electron chi connectivity index (χ1n) is 9.43. The van der Waals surface area contributed by atoms with Crippen LogP contribution in [0.2, 0.25) is 0 Å². The Hall–Kier alpha value is -3.60. The van der Waals surface area contributed by atoms with Crippen LogP contribution in [0, 0.1) is 13.8 Å². The number of hydrogen-bond acceptors (Lipinski definition) is 3. The lowest BCUT2D eigenvalue weighted by Gasteiger charge is -2.10. The van der Waals surface area contributed by atoms with E-state index >= 15 is 0 Å². The van der Waals surface area contributed by atoms with Crippen molar-refractivity contribution in [1.82, 2.24) is 5.32 Å². The molecule has 0 spiro atoms. The Morgan fingerprint density at radius 1 is 0.897 bits per heavy atom. The van der Waals surface area contributed by atoms with Gasteiger partial charge in [0.15, 0.2) is 6.61 Å². The summed E-state index contributed by atoms with van der Waals surface area (Å²) >= 11 is 0. The molecular formula is C24H24N2O3. The third-order valence-corrected chi connectivity index (χ3v) is 4.45. The van der Waals surface area contributed by atoms with Crippen molar-refractivity contribution in [3.05, 3.63) is 95.1 Å². The first kappa shape index (κ1) is 20.1. The maximum absolute atomic E-state index is 12.4. The van der Waals surface area contributed by atoms with Crippen molar-refractivity contribution >= 4 is 17.5 Å². The van der Waals surface area contributed by atoms with E-state index in [1.54, 1.807) is 24.3 Å². The zero-order chi connectivity index (χ0) is 20.6. The van der Waals surface area contributed by atoms with Gasteiger partial charge in [-0.2, -0.15) is 0 Å². The molecule has 0 aliphatic rings. The summed E-state index contributed by atoms with van der Waals surface area (Å²) in [6.45, 7) is 4.35. The number of nitrogens with one attached hydrogen (secondary N) is 2. The number of carbonyl (C=O) groups excluding carboxylic acids is 2. The maximum Gasteiger partial charge on any atom is 0.258 e. The number of amides is 2. The average Bonchev–Trinajstić information content (AvgIpc) is 2.74. The van der Waals surface area contributed by atoms with Crippen LogP contribution < -0.4 is 15.4 Å². The van der Waals surface area contributed by atoms with Gasteiger partial charge in [-0.1, -0.05) is 48.0 Å². The lowest BCUT2D eigenvalue weighted by atomic mass is 10.1. The molecule has 3 aromatic rings. The van der Waals surface area contributed by atoms with Crippen LogP contribution in [0.3, 0.4) is 0 Å². The molecule has 5 heteroatoms. The van der Waals surface area contributed by atoms with Crippen molar-refractivity contribution < 1.29 is 14.3 Å². The highest BCUT2D eigenvalue weighted by Crippen LogP contribution is 2.18. The first-order valence-corrected chi connectivity index (χ1v) is 9.43. The second-order valence-corrected chi connectivity index (χ2v) is 6.85. The third-order valence-electron chi connectivity index (χ3n) is 4.45. The lowest BCUT2D eigenvalue weighted by molar-refractivity contribution is -0.123. The van der Waals surface area contributed by atoms with Crippen LogP contribution in [0.4, 0.5) is 5.69 Å². The minimum Gasteiger partial charge on any atom is -0.484 e. The standard InChI is InChI=1S/C24H24N2O3/c1-17-8-13-22(18(2)14-17)26-24(28)20-9-11-21(12-10-20)29-16-23(27)25-15-19-6-4-3-5-7-19/h3-14H,15-16H2,1-2H3,(H,25,27)(H,26,28). The Labute approximate surface area is 170 Å². The Morgan fingerprint density at radius 3 is 2.31 bits per heavy atom. The van der Waals surface area contributed by atoms with Gasteiger partial charge in [0.05, 0.1) is 0 Å². The van der Waals surface area contributed by atoms with Gasteiger partial charge >= 0.3 is 0 Å². The van der Waals surface area contributed by atoms with Crippen molar-refractivity contribution in [1.29, 1.82) is 0 Å². The van der Waals surface area contributed by atoms with Crippen molar-refractivity contribution in [3.63, 3.8) is 0 Å². The molecule has 0 bridgehead atoms. The van der Waals surface area contributed by atoms with Crippen LogP contribution in [0.5, 0.6) is 5.75 Å². The van der Waals surface area contributed by atoms with Crippen LogP contribution >= 0.6 is 0 Å². The number of ether oxygens (including phenoxy) is 1. The van der Waals surface area contributed by atoms with Crippen LogP contribution in [-0.4, -0.2) is 18.4 Å².